The number of hydrogen-bond acceptors (Lipinski definition) is 14. The first-order valence-corrected chi connectivity index (χ1v) is 30.7. The predicted molar refractivity (Wildman–Crippen MR) is 373 cm³/mol. The molecule has 0 spiro atoms. The molecule has 2 aliphatic rings. The van der Waals surface area contributed by atoms with Crippen molar-refractivity contribution in [1.82, 2.24) is 0 Å². The summed E-state index contributed by atoms with van der Waals surface area (Å²) >= 11 is 0. The zero-order chi connectivity index (χ0) is 66.1. The van der Waals surface area contributed by atoms with Crippen LogP contribution >= 0.6 is 0 Å². The number of carbonyl (C=O) groups excluding carboxylic acids is 4. The van der Waals surface area contributed by atoms with Gasteiger partial charge in [0.05, 0.1) is 14.2 Å². The minimum Gasteiger partial charge on any atom is -0.497 e. The summed E-state index contributed by atoms with van der Waals surface area (Å²) in [5.74, 6) is 3.74. The average molecular weight is 1270 g/mol. The second kappa shape index (κ2) is 28.0. The van der Waals surface area contributed by atoms with Gasteiger partial charge in [0, 0.05) is 57.7 Å². The molecule has 0 atom stereocenters. The van der Waals surface area contributed by atoms with Crippen LogP contribution in [0.2, 0.25) is 0 Å². The Morgan fingerprint density at radius 1 is 0.323 bits per heavy atom. The first-order chi connectivity index (χ1) is 46.9. The van der Waals surface area contributed by atoms with E-state index in [1.165, 1.54) is 24.3 Å². The van der Waals surface area contributed by atoms with Crippen LogP contribution in [0.15, 0.2) is 243 Å². The molecule has 96 heavy (non-hydrogen) atoms. The maximum atomic E-state index is 12.8. The Morgan fingerprint density at radius 3 is 1.03 bits per heavy atom. The van der Waals surface area contributed by atoms with Crippen LogP contribution in [0.25, 0.3) is 89.6 Å². The molecule has 0 amide bonds. The smallest absolute Gasteiger partial charge is 0.336 e. The lowest BCUT2D eigenvalue weighted by Gasteiger charge is -2.17. The molecule has 0 aliphatic carbocycles. The fraction of sp³-hybridized carbons (Fsp3) is 0.0732. The second-order valence-corrected chi connectivity index (χ2v) is 22.4. The van der Waals surface area contributed by atoms with Crippen molar-refractivity contribution in [2.75, 3.05) is 27.8 Å². The third kappa shape index (κ3) is 14.0. The lowest BCUT2D eigenvalue weighted by atomic mass is 9.88. The van der Waals surface area contributed by atoms with E-state index < -0.39 is 23.9 Å². The molecule has 0 fully saturated rings. The third-order valence-electron chi connectivity index (χ3n) is 16.1. The van der Waals surface area contributed by atoms with Gasteiger partial charge in [0.1, 0.15) is 57.5 Å². The molecule has 0 radical (unpaired) electrons. The number of esters is 4. The Morgan fingerprint density at radius 2 is 0.646 bits per heavy atom. The highest BCUT2D eigenvalue weighted by Crippen LogP contribution is 2.51. The monoisotopic (exact) mass is 1270 g/mol. The summed E-state index contributed by atoms with van der Waals surface area (Å²) in [6.45, 7) is 3.94. The van der Waals surface area contributed by atoms with Crippen LogP contribution in [0.5, 0.6) is 57.5 Å². The van der Waals surface area contributed by atoms with E-state index in [-0.39, 0.29) is 13.6 Å². The van der Waals surface area contributed by atoms with Gasteiger partial charge in [0.25, 0.3) is 0 Å². The molecule has 0 N–H and O–H groups in total. The first-order valence-electron chi connectivity index (χ1n) is 30.7. The van der Waals surface area contributed by atoms with Crippen LogP contribution in [-0.2, 0) is 19.2 Å². The zero-order valence-corrected chi connectivity index (χ0v) is 52.5. The van der Waals surface area contributed by atoms with E-state index in [0.717, 1.165) is 87.6 Å². The molecular weight excluding hydrogens is 1210 g/mol. The maximum absolute atomic E-state index is 12.8. The van der Waals surface area contributed by atoms with Crippen LogP contribution in [0.1, 0.15) is 33.4 Å². The van der Waals surface area contributed by atoms with E-state index in [2.05, 4.69) is 0 Å². The summed E-state index contributed by atoms with van der Waals surface area (Å²) < 4.78 is 56.9. The number of aryl methyl sites for hydroxylation is 2. The van der Waals surface area contributed by atoms with Gasteiger partial charge in [-0.05, 0) is 202 Å². The van der Waals surface area contributed by atoms with E-state index >= 15 is 0 Å². The minimum absolute atomic E-state index is 0.0747. The molecule has 0 unspecified atom stereocenters. The molecule has 0 saturated carbocycles. The summed E-state index contributed by atoms with van der Waals surface area (Å²) in [7, 11) is 3.16. The van der Waals surface area contributed by atoms with Gasteiger partial charge < -0.3 is 47.4 Å². The van der Waals surface area contributed by atoms with Gasteiger partial charge in [-0.15, -0.1) is 0 Å². The molecule has 14 nitrogen and oxygen atoms in total. The van der Waals surface area contributed by atoms with Crippen molar-refractivity contribution in [2.45, 2.75) is 13.8 Å². The van der Waals surface area contributed by atoms with E-state index in [0.29, 0.717) is 68.6 Å². The first kappa shape index (κ1) is 62.1. The largest absolute Gasteiger partial charge is 0.497 e. The standard InChI is InChI=1S/C41H30O8.C41H30O6/c1-44-30-9-13-32(14-10-30)48-38(42)21-5-26-3-17-34-28(23-26)7-19-36-40(34)41-35-18-4-27(24-29(35)8-20-37(41)47-25-46-36)6-22-39(43)49-33-15-11-31(45-2)12-16-33;1-26-11-17-32(18-12-26)46-36(42)21-15-30-23-28-7-3-5-9-34(28)38-39-35-10-6-4-8-29(35)24-31(41(39)45-25-44-40(30)38)16-22-37(43)47-33-19-13-27(2)14-20-33/h3-24H,25H2,1-2H3;3-24H,25H2,1-2H3/b21-5-,22-6-;21-15-,22-16-. The quantitative estimate of drug-likeness (QED) is 0.0574. The summed E-state index contributed by atoms with van der Waals surface area (Å²) in [4.78, 5) is 50.6. The Bertz CT molecular complexity index is 4780. The predicted octanol–water partition coefficient (Wildman–Crippen LogP) is 17.9. The Hall–Kier alpha value is -12.7. The average Bonchev–Trinajstić information content (AvgIpc) is 1.30. The Kier molecular flexibility index (Phi) is 18.2. The fourth-order valence-corrected chi connectivity index (χ4v) is 11.4. The molecule has 12 aromatic carbocycles. The van der Waals surface area contributed by atoms with Gasteiger partial charge in [0.2, 0.25) is 13.6 Å². The molecule has 2 heterocycles. The summed E-state index contributed by atoms with van der Waals surface area (Å²) in [6.07, 6.45) is 12.5. The van der Waals surface area contributed by atoms with Crippen LogP contribution in [0.4, 0.5) is 0 Å². The van der Waals surface area contributed by atoms with Crippen molar-refractivity contribution in [3.63, 3.8) is 0 Å². The Labute approximate surface area is 552 Å². The molecule has 12 aromatic rings. The number of carbonyl (C=O) groups is 4. The van der Waals surface area contributed by atoms with Gasteiger partial charge in [-0.2, -0.15) is 0 Å². The van der Waals surface area contributed by atoms with Crippen LogP contribution in [0.3, 0.4) is 0 Å². The normalized spacial score (nSPS) is 12.2. The zero-order valence-electron chi connectivity index (χ0n) is 52.5. The van der Waals surface area contributed by atoms with Gasteiger partial charge in [-0.1, -0.05) is 120 Å². The molecule has 472 valence electrons. The molecule has 0 bridgehead atoms. The van der Waals surface area contributed by atoms with Crippen LogP contribution < -0.4 is 47.4 Å². The lowest BCUT2D eigenvalue weighted by molar-refractivity contribution is -0.129. The number of rotatable bonds is 14. The van der Waals surface area contributed by atoms with Gasteiger partial charge >= 0.3 is 23.9 Å². The van der Waals surface area contributed by atoms with Crippen molar-refractivity contribution < 1.29 is 66.5 Å². The second-order valence-electron chi connectivity index (χ2n) is 22.4. The van der Waals surface area contributed by atoms with E-state index in [4.69, 9.17) is 47.4 Å². The SMILES string of the molecule is COc1ccc(OC(=O)/C=C\c2ccc3c4c(ccc3c2)OCOc2ccc3cc(/C=C\C(=O)Oc5ccc(OC)cc5)ccc3c2-4)cc1.Cc1ccc(OC(=O)/C=C\c2cc3ccccc3c3c2OCOc2c(/C=C\C(=O)Oc4ccc(C)cc4)cc4ccccc4c2-3)cc1. The number of ether oxygens (including phenoxy) is 10. The van der Waals surface area contributed by atoms with Gasteiger partial charge in [-0.3, -0.25) is 0 Å². The maximum Gasteiger partial charge on any atom is 0.336 e. The van der Waals surface area contributed by atoms with Gasteiger partial charge in [-0.25, -0.2) is 19.2 Å². The van der Waals surface area contributed by atoms with E-state index in [1.54, 1.807) is 111 Å². The number of methoxy groups -OCH3 is 2. The van der Waals surface area contributed by atoms with Crippen LogP contribution in [0, 0.1) is 13.8 Å². The van der Waals surface area contributed by atoms with Crippen LogP contribution in [-0.4, -0.2) is 51.7 Å². The molecule has 14 heteroatoms. The highest BCUT2D eigenvalue weighted by atomic mass is 16.7. The molecule has 0 aromatic heterocycles. The number of benzene rings is 12. The van der Waals surface area contributed by atoms with E-state index in [1.807, 2.05) is 159 Å². The topological polar surface area (TPSA) is 161 Å². The van der Waals surface area contributed by atoms with Crippen molar-refractivity contribution >= 4 is 91.3 Å². The van der Waals surface area contributed by atoms with Crippen molar-refractivity contribution in [3.8, 4) is 79.7 Å². The Balaban J connectivity index is 0.000000174. The number of fused-ring (bicyclic) bond motifs is 14. The fourth-order valence-electron chi connectivity index (χ4n) is 11.4. The third-order valence-corrected chi connectivity index (χ3v) is 16.1. The number of hydrogen-bond donors (Lipinski definition) is 0. The minimum atomic E-state index is -0.503. The van der Waals surface area contributed by atoms with Crippen molar-refractivity contribution in [2.24, 2.45) is 0 Å². The van der Waals surface area contributed by atoms with Crippen molar-refractivity contribution in [3.05, 3.63) is 276 Å². The lowest BCUT2D eigenvalue weighted by Crippen LogP contribution is -2.06. The summed E-state index contributed by atoms with van der Waals surface area (Å²) in [5, 5.41) is 7.71. The molecular formula is C82H60O14. The molecule has 14 rings (SSSR count). The van der Waals surface area contributed by atoms with Crippen molar-refractivity contribution in [1.29, 1.82) is 0 Å². The highest BCUT2D eigenvalue weighted by Gasteiger charge is 2.27. The van der Waals surface area contributed by atoms with Gasteiger partial charge in [0.15, 0.2) is 0 Å². The molecule has 2 aliphatic heterocycles. The summed E-state index contributed by atoms with van der Waals surface area (Å²) in [6, 6.07) is 68.1. The molecule has 0 saturated heterocycles. The highest BCUT2D eigenvalue weighted by molar-refractivity contribution is 6.14. The van der Waals surface area contributed by atoms with E-state index in [9.17, 15) is 19.2 Å². The summed E-state index contributed by atoms with van der Waals surface area (Å²) in [5.41, 5.74) is 8.71.